The van der Waals surface area contributed by atoms with Crippen LogP contribution in [-0.4, -0.2) is 19.1 Å². The van der Waals surface area contributed by atoms with Gasteiger partial charge < -0.3 is 10.1 Å². The van der Waals surface area contributed by atoms with Crippen LogP contribution in [0.3, 0.4) is 0 Å². The van der Waals surface area contributed by atoms with Crippen LogP contribution >= 0.6 is 11.6 Å². The van der Waals surface area contributed by atoms with E-state index in [1.54, 1.807) is 18.2 Å². The smallest absolute Gasteiger partial charge is 0.328 e. The van der Waals surface area contributed by atoms with Gasteiger partial charge in [-0.1, -0.05) is 31.4 Å². The Labute approximate surface area is 118 Å². The lowest BCUT2D eigenvalue weighted by Gasteiger charge is -2.18. The molecule has 0 bridgehead atoms. The average Bonchev–Trinajstić information content (AvgIpc) is 2.43. The number of methoxy groups -OCH3 is 1. The Morgan fingerprint density at radius 3 is 2.84 bits per heavy atom. The molecule has 0 saturated carbocycles. The maximum atomic E-state index is 11.7. The highest BCUT2D eigenvalue weighted by molar-refractivity contribution is 6.33. The Kier molecular flexibility index (Phi) is 6.17. The van der Waals surface area contributed by atoms with Gasteiger partial charge in [0, 0.05) is 0 Å². The van der Waals surface area contributed by atoms with E-state index in [1.165, 1.54) is 7.11 Å². The van der Waals surface area contributed by atoms with E-state index in [1.807, 2.05) is 6.07 Å². The highest BCUT2D eigenvalue weighted by atomic mass is 35.5. The fraction of sp³-hybridized carbons (Fsp3) is 0.429. The van der Waals surface area contributed by atoms with Crippen LogP contribution in [0.25, 0.3) is 0 Å². The van der Waals surface area contributed by atoms with Crippen LogP contribution in [0.5, 0.6) is 0 Å². The second-order valence-electron chi connectivity index (χ2n) is 4.17. The molecule has 1 aromatic carbocycles. The van der Waals surface area contributed by atoms with E-state index in [9.17, 15) is 4.79 Å². The molecule has 5 heteroatoms. The number of benzene rings is 1. The highest BCUT2D eigenvalue weighted by Gasteiger charge is 2.19. The van der Waals surface area contributed by atoms with Gasteiger partial charge in [0.1, 0.15) is 6.04 Å². The third kappa shape index (κ3) is 4.46. The number of rotatable bonds is 6. The minimum atomic E-state index is -0.421. The second-order valence-corrected chi connectivity index (χ2v) is 4.58. The van der Waals surface area contributed by atoms with Crippen molar-refractivity contribution in [3.63, 3.8) is 0 Å². The largest absolute Gasteiger partial charge is 0.467 e. The van der Waals surface area contributed by atoms with Crippen LogP contribution in [0, 0.1) is 11.3 Å². The van der Waals surface area contributed by atoms with Crippen molar-refractivity contribution in [2.24, 2.45) is 0 Å². The van der Waals surface area contributed by atoms with Gasteiger partial charge in [0.05, 0.1) is 29.5 Å². The molecule has 1 rings (SSSR count). The molecule has 0 aliphatic rings. The van der Waals surface area contributed by atoms with E-state index in [2.05, 4.69) is 12.2 Å². The van der Waals surface area contributed by atoms with Gasteiger partial charge in [-0.25, -0.2) is 4.79 Å². The summed E-state index contributed by atoms with van der Waals surface area (Å²) in [5.74, 6) is -0.311. The zero-order valence-corrected chi connectivity index (χ0v) is 11.8. The van der Waals surface area contributed by atoms with Crippen molar-refractivity contribution in [3.8, 4) is 6.07 Å². The maximum absolute atomic E-state index is 11.7. The number of anilines is 1. The van der Waals surface area contributed by atoms with Gasteiger partial charge in [-0.15, -0.1) is 0 Å². The fourth-order valence-corrected chi connectivity index (χ4v) is 1.92. The SMILES string of the molecule is CCCCC(Nc1ccc(C#N)cc1Cl)C(=O)OC. The topological polar surface area (TPSA) is 62.1 Å². The van der Waals surface area contributed by atoms with Gasteiger partial charge in [0.2, 0.25) is 0 Å². The molecular formula is C14H17ClN2O2. The lowest BCUT2D eigenvalue weighted by atomic mass is 10.1. The van der Waals surface area contributed by atoms with Gasteiger partial charge in [-0.05, 0) is 24.6 Å². The molecule has 0 fully saturated rings. The van der Waals surface area contributed by atoms with Crippen LogP contribution < -0.4 is 5.32 Å². The Balaban J connectivity index is 2.84. The summed E-state index contributed by atoms with van der Waals surface area (Å²) in [5, 5.41) is 12.3. The number of nitrogens with zero attached hydrogens (tertiary/aromatic N) is 1. The van der Waals surface area contributed by atoms with Gasteiger partial charge in [-0.3, -0.25) is 0 Å². The third-order valence-electron chi connectivity index (χ3n) is 2.76. The van der Waals surface area contributed by atoms with Gasteiger partial charge in [-0.2, -0.15) is 5.26 Å². The first-order valence-corrected chi connectivity index (χ1v) is 6.54. The van der Waals surface area contributed by atoms with Gasteiger partial charge in [0.15, 0.2) is 0 Å². The predicted octanol–water partition coefficient (Wildman–Crippen LogP) is 3.36. The number of nitriles is 1. The summed E-state index contributed by atoms with van der Waals surface area (Å²) in [5.41, 5.74) is 1.12. The number of unbranched alkanes of at least 4 members (excludes halogenated alkanes) is 1. The maximum Gasteiger partial charge on any atom is 0.328 e. The van der Waals surface area contributed by atoms with Crippen molar-refractivity contribution in [3.05, 3.63) is 28.8 Å². The zero-order valence-electron chi connectivity index (χ0n) is 11.1. The van der Waals surface area contributed by atoms with Crippen LogP contribution in [-0.2, 0) is 9.53 Å². The molecule has 4 nitrogen and oxygen atoms in total. The molecule has 0 aliphatic carbocycles. The van der Waals surface area contributed by atoms with E-state index in [-0.39, 0.29) is 5.97 Å². The highest BCUT2D eigenvalue weighted by Crippen LogP contribution is 2.24. The van der Waals surface area contributed by atoms with Crippen molar-refractivity contribution < 1.29 is 9.53 Å². The Hall–Kier alpha value is -1.73. The van der Waals surface area contributed by atoms with Crippen LogP contribution in [0.4, 0.5) is 5.69 Å². The minimum absolute atomic E-state index is 0.311. The van der Waals surface area contributed by atoms with Crippen molar-refractivity contribution >= 4 is 23.3 Å². The number of ether oxygens (including phenoxy) is 1. The van der Waals surface area contributed by atoms with E-state index in [0.717, 1.165) is 12.8 Å². The first-order valence-electron chi connectivity index (χ1n) is 6.16. The number of halogens is 1. The molecule has 0 spiro atoms. The zero-order chi connectivity index (χ0) is 14.3. The van der Waals surface area contributed by atoms with Crippen molar-refractivity contribution in [2.45, 2.75) is 32.2 Å². The first kappa shape index (κ1) is 15.3. The molecule has 0 saturated heterocycles. The van der Waals surface area contributed by atoms with Gasteiger partial charge >= 0.3 is 5.97 Å². The molecule has 1 atom stereocenters. The summed E-state index contributed by atoms with van der Waals surface area (Å²) < 4.78 is 4.77. The first-order chi connectivity index (χ1) is 9.12. The van der Waals surface area contributed by atoms with Crippen molar-refractivity contribution in [1.29, 1.82) is 5.26 Å². The number of esters is 1. The Morgan fingerprint density at radius 1 is 1.58 bits per heavy atom. The number of carbonyl (C=O) groups excluding carboxylic acids is 1. The monoisotopic (exact) mass is 280 g/mol. The number of nitrogens with one attached hydrogen (secondary N) is 1. The molecule has 1 aromatic rings. The van der Waals surface area contributed by atoms with E-state index < -0.39 is 6.04 Å². The fourth-order valence-electron chi connectivity index (χ4n) is 1.69. The molecule has 0 amide bonds. The van der Waals surface area contributed by atoms with E-state index >= 15 is 0 Å². The van der Waals surface area contributed by atoms with Crippen molar-refractivity contribution in [2.75, 3.05) is 12.4 Å². The average molecular weight is 281 g/mol. The summed E-state index contributed by atoms with van der Waals surface area (Å²) in [6, 6.07) is 6.51. The number of hydrogen-bond acceptors (Lipinski definition) is 4. The van der Waals surface area contributed by atoms with Crippen LogP contribution in [0.2, 0.25) is 5.02 Å². The molecule has 0 heterocycles. The summed E-state index contributed by atoms with van der Waals surface area (Å²) >= 11 is 6.07. The van der Waals surface area contributed by atoms with Gasteiger partial charge in [0.25, 0.3) is 0 Å². The standard InChI is InChI=1S/C14H17ClN2O2/c1-3-4-5-13(14(18)19-2)17-12-7-6-10(9-16)8-11(12)15/h6-8,13,17H,3-5H2,1-2H3. The predicted molar refractivity (Wildman–Crippen MR) is 75.1 cm³/mol. The molecule has 1 N–H and O–H groups in total. The third-order valence-corrected chi connectivity index (χ3v) is 3.07. The second kappa shape index (κ2) is 7.65. The number of carbonyl (C=O) groups is 1. The molecule has 102 valence electrons. The van der Waals surface area contributed by atoms with Crippen LogP contribution in [0.1, 0.15) is 31.7 Å². The molecule has 0 aromatic heterocycles. The van der Waals surface area contributed by atoms with E-state index in [4.69, 9.17) is 21.6 Å². The molecule has 1 unspecified atom stereocenters. The molecule has 0 aliphatic heterocycles. The van der Waals surface area contributed by atoms with E-state index in [0.29, 0.717) is 22.7 Å². The molecular weight excluding hydrogens is 264 g/mol. The van der Waals surface area contributed by atoms with Crippen LogP contribution in [0.15, 0.2) is 18.2 Å². The normalized spacial score (nSPS) is 11.5. The lowest BCUT2D eigenvalue weighted by Crippen LogP contribution is -2.30. The number of hydrogen-bond donors (Lipinski definition) is 1. The Bertz CT molecular complexity index is 483. The summed E-state index contributed by atoms with van der Waals surface area (Å²) in [7, 11) is 1.36. The molecule has 0 radical (unpaired) electrons. The molecule has 19 heavy (non-hydrogen) atoms. The van der Waals surface area contributed by atoms with Crippen molar-refractivity contribution in [1.82, 2.24) is 0 Å². The Morgan fingerprint density at radius 2 is 2.32 bits per heavy atom. The minimum Gasteiger partial charge on any atom is -0.467 e. The summed E-state index contributed by atoms with van der Waals surface area (Å²) in [6.07, 6.45) is 2.59. The quantitative estimate of drug-likeness (QED) is 0.812. The summed E-state index contributed by atoms with van der Waals surface area (Å²) in [6.45, 7) is 2.06. The summed E-state index contributed by atoms with van der Waals surface area (Å²) in [4.78, 5) is 11.7. The lowest BCUT2D eigenvalue weighted by molar-refractivity contribution is -0.141.